The molecular formula is C13H24N2O2. The van der Waals surface area contributed by atoms with Crippen LogP contribution in [-0.4, -0.2) is 41.8 Å². The summed E-state index contributed by atoms with van der Waals surface area (Å²) in [6, 6.07) is 0.505. The zero-order valence-corrected chi connectivity index (χ0v) is 11.3. The molecular weight excluding hydrogens is 216 g/mol. The third kappa shape index (κ3) is 4.04. The molecule has 98 valence electrons. The van der Waals surface area contributed by atoms with Gasteiger partial charge in [-0.2, -0.15) is 0 Å². The molecule has 1 N–H and O–H groups in total. The molecule has 0 saturated carbocycles. The molecule has 1 aliphatic heterocycles. The minimum Gasteiger partial charge on any atom is -0.444 e. The van der Waals surface area contributed by atoms with Crippen molar-refractivity contribution in [2.45, 2.75) is 51.8 Å². The lowest BCUT2D eigenvalue weighted by Crippen LogP contribution is -2.44. The first-order valence-corrected chi connectivity index (χ1v) is 6.19. The zero-order valence-electron chi connectivity index (χ0n) is 11.3. The molecule has 1 amide bonds. The van der Waals surface area contributed by atoms with Crippen molar-refractivity contribution in [1.82, 2.24) is 10.2 Å². The van der Waals surface area contributed by atoms with Gasteiger partial charge in [0.1, 0.15) is 5.60 Å². The first-order chi connectivity index (χ1) is 7.85. The van der Waals surface area contributed by atoms with Crippen LogP contribution in [0.5, 0.6) is 0 Å². The molecule has 0 aromatic rings. The Kier molecular flexibility index (Phi) is 4.57. The summed E-state index contributed by atoms with van der Waals surface area (Å²) in [5, 5.41) is 3.36. The summed E-state index contributed by atoms with van der Waals surface area (Å²) in [4.78, 5) is 13.7. The summed E-state index contributed by atoms with van der Waals surface area (Å²) in [6.07, 6.45) is 2.59. The summed E-state index contributed by atoms with van der Waals surface area (Å²) >= 11 is 0. The standard InChI is InChI=1S/C13H24N2O2/c1-6-8-14-11-7-9-15(10(11)2)12(16)17-13(3,4)5/h6,10-11,14H,1,7-9H2,2-5H3/t10-,11-/m1/s1. The molecule has 1 aliphatic rings. The number of hydrogen-bond donors (Lipinski definition) is 1. The number of ether oxygens (including phenoxy) is 1. The van der Waals surface area contributed by atoms with E-state index in [0.717, 1.165) is 19.5 Å². The van der Waals surface area contributed by atoms with Crippen molar-refractivity contribution in [3.63, 3.8) is 0 Å². The fourth-order valence-corrected chi connectivity index (χ4v) is 2.03. The second-order valence-electron chi connectivity index (χ2n) is 5.51. The first-order valence-electron chi connectivity index (χ1n) is 6.19. The highest BCUT2D eigenvalue weighted by Gasteiger charge is 2.35. The molecule has 0 aromatic heterocycles. The van der Waals surface area contributed by atoms with Crippen LogP contribution in [0.2, 0.25) is 0 Å². The maximum absolute atomic E-state index is 11.9. The highest BCUT2D eigenvalue weighted by Crippen LogP contribution is 2.20. The Morgan fingerprint density at radius 3 is 2.76 bits per heavy atom. The second-order valence-corrected chi connectivity index (χ2v) is 5.51. The molecule has 0 aromatic carbocycles. The Morgan fingerprint density at radius 2 is 2.24 bits per heavy atom. The first kappa shape index (κ1) is 14.0. The summed E-state index contributed by atoms with van der Waals surface area (Å²) in [7, 11) is 0. The number of carbonyl (C=O) groups excluding carboxylic acids is 1. The molecule has 0 radical (unpaired) electrons. The van der Waals surface area contributed by atoms with Gasteiger partial charge in [0.25, 0.3) is 0 Å². The minimum atomic E-state index is -0.427. The molecule has 2 atom stereocenters. The Morgan fingerprint density at radius 1 is 1.59 bits per heavy atom. The molecule has 0 aliphatic carbocycles. The van der Waals surface area contributed by atoms with Crippen molar-refractivity contribution in [3.05, 3.63) is 12.7 Å². The van der Waals surface area contributed by atoms with E-state index in [2.05, 4.69) is 18.8 Å². The Balaban J connectivity index is 2.51. The van der Waals surface area contributed by atoms with Gasteiger partial charge in [0, 0.05) is 25.2 Å². The lowest BCUT2D eigenvalue weighted by Gasteiger charge is -2.28. The number of nitrogens with zero attached hydrogens (tertiary/aromatic N) is 1. The Bertz CT molecular complexity index is 284. The zero-order chi connectivity index (χ0) is 13.1. The maximum atomic E-state index is 11.9. The van der Waals surface area contributed by atoms with Crippen molar-refractivity contribution in [2.75, 3.05) is 13.1 Å². The molecule has 4 nitrogen and oxygen atoms in total. The van der Waals surface area contributed by atoms with Crippen LogP contribution in [0, 0.1) is 0 Å². The predicted octanol–water partition coefficient (Wildman–Crippen LogP) is 2.16. The van der Waals surface area contributed by atoms with Crippen LogP contribution >= 0.6 is 0 Å². The van der Waals surface area contributed by atoms with Crippen molar-refractivity contribution >= 4 is 6.09 Å². The molecule has 0 spiro atoms. The van der Waals surface area contributed by atoms with E-state index < -0.39 is 5.60 Å². The van der Waals surface area contributed by atoms with E-state index >= 15 is 0 Å². The highest BCUT2D eigenvalue weighted by atomic mass is 16.6. The van der Waals surface area contributed by atoms with Gasteiger partial charge in [-0.3, -0.25) is 0 Å². The third-order valence-corrected chi connectivity index (χ3v) is 2.91. The van der Waals surface area contributed by atoms with E-state index in [9.17, 15) is 4.79 Å². The fourth-order valence-electron chi connectivity index (χ4n) is 2.03. The van der Waals surface area contributed by atoms with E-state index in [-0.39, 0.29) is 12.1 Å². The van der Waals surface area contributed by atoms with Gasteiger partial charge >= 0.3 is 6.09 Å². The van der Waals surface area contributed by atoms with Gasteiger partial charge in [-0.15, -0.1) is 6.58 Å². The number of hydrogen-bond acceptors (Lipinski definition) is 3. The van der Waals surface area contributed by atoms with Crippen LogP contribution in [0.1, 0.15) is 34.1 Å². The molecule has 1 fully saturated rings. The van der Waals surface area contributed by atoms with Crippen LogP contribution in [0.15, 0.2) is 12.7 Å². The van der Waals surface area contributed by atoms with Crippen molar-refractivity contribution < 1.29 is 9.53 Å². The average Bonchev–Trinajstić information content (AvgIpc) is 2.54. The smallest absolute Gasteiger partial charge is 0.410 e. The van der Waals surface area contributed by atoms with Crippen LogP contribution < -0.4 is 5.32 Å². The number of amides is 1. The Labute approximate surface area is 104 Å². The highest BCUT2D eigenvalue weighted by molar-refractivity contribution is 5.69. The maximum Gasteiger partial charge on any atom is 0.410 e. The van der Waals surface area contributed by atoms with Crippen molar-refractivity contribution in [1.29, 1.82) is 0 Å². The predicted molar refractivity (Wildman–Crippen MR) is 69.0 cm³/mol. The van der Waals surface area contributed by atoms with Gasteiger partial charge < -0.3 is 15.0 Å². The quantitative estimate of drug-likeness (QED) is 0.769. The summed E-state index contributed by atoms with van der Waals surface area (Å²) in [5.41, 5.74) is -0.427. The third-order valence-electron chi connectivity index (χ3n) is 2.91. The van der Waals surface area contributed by atoms with E-state index in [1.807, 2.05) is 26.8 Å². The van der Waals surface area contributed by atoms with Gasteiger partial charge in [0.2, 0.25) is 0 Å². The molecule has 1 rings (SSSR count). The molecule has 0 unspecified atom stereocenters. The summed E-state index contributed by atoms with van der Waals surface area (Å²) in [6.45, 7) is 12.9. The molecule has 1 heterocycles. The molecule has 1 saturated heterocycles. The lowest BCUT2D eigenvalue weighted by molar-refractivity contribution is 0.0230. The van der Waals surface area contributed by atoms with E-state index in [4.69, 9.17) is 4.74 Å². The topological polar surface area (TPSA) is 41.6 Å². The van der Waals surface area contributed by atoms with Gasteiger partial charge in [-0.25, -0.2) is 4.79 Å². The lowest BCUT2D eigenvalue weighted by atomic mass is 10.1. The van der Waals surface area contributed by atoms with Crippen molar-refractivity contribution in [3.8, 4) is 0 Å². The summed E-state index contributed by atoms with van der Waals surface area (Å²) < 4.78 is 5.38. The van der Waals surface area contributed by atoms with Gasteiger partial charge in [0.15, 0.2) is 0 Å². The van der Waals surface area contributed by atoms with Gasteiger partial charge in [-0.1, -0.05) is 6.08 Å². The fraction of sp³-hybridized carbons (Fsp3) is 0.769. The van der Waals surface area contributed by atoms with Crippen molar-refractivity contribution in [2.24, 2.45) is 0 Å². The average molecular weight is 240 g/mol. The SMILES string of the molecule is C=CCN[C@@H]1CCN(C(=O)OC(C)(C)C)[C@@H]1C. The van der Waals surface area contributed by atoms with Crippen LogP contribution in [0.25, 0.3) is 0 Å². The molecule has 4 heteroatoms. The Hall–Kier alpha value is -1.03. The monoisotopic (exact) mass is 240 g/mol. The van der Waals surface area contributed by atoms with Gasteiger partial charge in [0.05, 0.1) is 0 Å². The second kappa shape index (κ2) is 5.54. The number of likely N-dealkylation sites (tertiary alicyclic amines) is 1. The minimum absolute atomic E-state index is 0.171. The molecule has 17 heavy (non-hydrogen) atoms. The number of carbonyl (C=O) groups is 1. The largest absolute Gasteiger partial charge is 0.444 e. The van der Waals surface area contributed by atoms with Gasteiger partial charge in [-0.05, 0) is 34.1 Å². The molecule has 0 bridgehead atoms. The van der Waals surface area contributed by atoms with E-state index in [0.29, 0.717) is 6.04 Å². The van der Waals surface area contributed by atoms with Crippen LogP contribution in [0.4, 0.5) is 4.79 Å². The van der Waals surface area contributed by atoms with Crippen LogP contribution in [0.3, 0.4) is 0 Å². The number of rotatable bonds is 3. The summed E-state index contributed by atoms with van der Waals surface area (Å²) in [5.74, 6) is 0. The van der Waals surface area contributed by atoms with Crippen LogP contribution in [-0.2, 0) is 4.74 Å². The van der Waals surface area contributed by atoms with E-state index in [1.54, 1.807) is 4.90 Å². The van der Waals surface area contributed by atoms with E-state index in [1.165, 1.54) is 0 Å². The normalized spacial score (nSPS) is 24.8. The number of nitrogens with one attached hydrogen (secondary N) is 1.